The molecular formula is C11H19NO2. The fourth-order valence-electron chi connectivity index (χ4n) is 3.15. The number of hydrogen-bond donors (Lipinski definition) is 1. The van der Waals surface area contributed by atoms with E-state index in [4.69, 9.17) is 0 Å². The molecule has 0 radical (unpaired) electrons. The van der Waals surface area contributed by atoms with Crippen LogP contribution in [0.1, 0.15) is 32.1 Å². The molecule has 0 aromatic heterocycles. The molecule has 0 aromatic rings. The van der Waals surface area contributed by atoms with Gasteiger partial charge in [-0.1, -0.05) is 12.8 Å². The molecule has 1 aliphatic heterocycles. The van der Waals surface area contributed by atoms with E-state index in [9.17, 15) is 9.90 Å². The first-order valence-electron chi connectivity index (χ1n) is 5.57. The van der Waals surface area contributed by atoms with Crippen LogP contribution in [0.3, 0.4) is 0 Å². The SMILES string of the molecule is CN1CCC2(C(=O)O)CCCCC2C1. The average Bonchev–Trinajstić information content (AvgIpc) is 2.17. The second-order valence-corrected chi connectivity index (χ2v) is 4.92. The van der Waals surface area contributed by atoms with Crippen LogP contribution >= 0.6 is 0 Å². The highest BCUT2D eigenvalue weighted by atomic mass is 16.4. The number of likely N-dealkylation sites (tertiary alicyclic amines) is 1. The number of aliphatic carboxylic acids is 1. The smallest absolute Gasteiger partial charge is 0.310 e. The molecule has 1 aliphatic carbocycles. The topological polar surface area (TPSA) is 40.5 Å². The number of carboxylic acid groups (broad SMARTS) is 1. The van der Waals surface area contributed by atoms with Crippen LogP contribution in [0.2, 0.25) is 0 Å². The molecule has 0 bridgehead atoms. The summed E-state index contributed by atoms with van der Waals surface area (Å²) in [5.74, 6) is -0.150. The lowest BCUT2D eigenvalue weighted by Gasteiger charge is -2.47. The van der Waals surface area contributed by atoms with Gasteiger partial charge in [0.25, 0.3) is 0 Å². The molecule has 0 amide bonds. The minimum Gasteiger partial charge on any atom is -0.481 e. The normalized spacial score (nSPS) is 39.1. The summed E-state index contributed by atoms with van der Waals surface area (Å²) in [5.41, 5.74) is -0.370. The second kappa shape index (κ2) is 3.54. The minimum atomic E-state index is -0.546. The first-order valence-corrected chi connectivity index (χ1v) is 5.57. The Morgan fingerprint density at radius 2 is 2.21 bits per heavy atom. The van der Waals surface area contributed by atoms with Gasteiger partial charge >= 0.3 is 5.97 Å². The molecule has 2 aliphatic rings. The van der Waals surface area contributed by atoms with Gasteiger partial charge in [0.05, 0.1) is 5.41 Å². The third kappa shape index (κ3) is 1.44. The van der Waals surface area contributed by atoms with Gasteiger partial charge in [0, 0.05) is 6.54 Å². The number of rotatable bonds is 1. The molecule has 2 rings (SSSR count). The Morgan fingerprint density at radius 1 is 1.43 bits per heavy atom. The van der Waals surface area contributed by atoms with Gasteiger partial charge in [0.15, 0.2) is 0 Å². The fourth-order valence-corrected chi connectivity index (χ4v) is 3.15. The van der Waals surface area contributed by atoms with Crippen LogP contribution < -0.4 is 0 Å². The number of carbonyl (C=O) groups is 1. The lowest BCUT2D eigenvalue weighted by molar-refractivity contribution is -0.159. The minimum absolute atomic E-state index is 0.370. The van der Waals surface area contributed by atoms with Crippen molar-refractivity contribution in [1.29, 1.82) is 0 Å². The Labute approximate surface area is 85.1 Å². The van der Waals surface area contributed by atoms with Crippen LogP contribution in [0, 0.1) is 11.3 Å². The summed E-state index contributed by atoms with van der Waals surface area (Å²) in [6.45, 7) is 1.93. The van der Waals surface area contributed by atoms with Crippen molar-refractivity contribution in [3.8, 4) is 0 Å². The van der Waals surface area contributed by atoms with Gasteiger partial charge in [-0.25, -0.2) is 0 Å². The second-order valence-electron chi connectivity index (χ2n) is 4.92. The highest BCUT2D eigenvalue weighted by molar-refractivity contribution is 5.75. The van der Waals surface area contributed by atoms with Gasteiger partial charge in [-0.05, 0) is 38.8 Å². The Morgan fingerprint density at radius 3 is 2.93 bits per heavy atom. The Bertz CT molecular complexity index is 241. The van der Waals surface area contributed by atoms with Crippen molar-refractivity contribution in [3.63, 3.8) is 0 Å². The summed E-state index contributed by atoms with van der Waals surface area (Å²) in [7, 11) is 2.10. The largest absolute Gasteiger partial charge is 0.481 e. The molecule has 1 N–H and O–H groups in total. The molecule has 3 heteroatoms. The number of piperidine rings is 1. The van der Waals surface area contributed by atoms with E-state index in [2.05, 4.69) is 11.9 Å². The first kappa shape index (κ1) is 9.97. The highest BCUT2D eigenvalue weighted by Crippen LogP contribution is 2.46. The van der Waals surface area contributed by atoms with E-state index in [1.165, 1.54) is 6.42 Å². The summed E-state index contributed by atoms with van der Waals surface area (Å²) in [4.78, 5) is 13.7. The van der Waals surface area contributed by atoms with E-state index >= 15 is 0 Å². The van der Waals surface area contributed by atoms with Crippen LogP contribution in [-0.4, -0.2) is 36.1 Å². The molecule has 2 unspecified atom stereocenters. The molecule has 0 aromatic carbocycles. The first-order chi connectivity index (χ1) is 6.65. The molecule has 80 valence electrons. The van der Waals surface area contributed by atoms with Crippen molar-refractivity contribution in [2.45, 2.75) is 32.1 Å². The Hall–Kier alpha value is -0.570. The summed E-state index contributed by atoms with van der Waals surface area (Å²) >= 11 is 0. The molecular weight excluding hydrogens is 178 g/mol. The summed E-state index contributed by atoms with van der Waals surface area (Å²) in [6.07, 6.45) is 5.18. The van der Waals surface area contributed by atoms with E-state index in [-0.39, 0.29) is 5.41 Å². The number of fused-ring (bicyclic) bond motifs is 1. The molecule has 1 heterocycles. The van der Waals surface area contributed by atoms with Gasteiger partial charge in [-0.3, -0.25) is 4.79 Å². The van der Waals surface area contributed by atoms with Crippen LogP contribution in [0.15, 0.2) is 0 Å². The zero-order valence-corrected chi connectivity index (χ0v) is 8.83. The van der Waals surface area contributed by atoms with Gasteiger partial charge in [0.1, 0.15) is 0 Å². The Kier molecular flexibility index (Phi) is 2.52. The average molecular weight is 197 g/mol. The van der Waals surface area contributed by atoms with E-state index in [0.29, 0.717) is 5.92 Å². The number of carboxylic acids is 1. The summed E-state index contributed by atoms with van der Waals surface area (Å²) in [5, 5.41) is 9.39. The van der Waals surface area contributed by atoms with Crippen molar-refractivity contribution in [2.75, 3.05) is 20.1 Å². The zero-order chi connectivity index (χ0) is 10.2. The number of hydrogen-bond acceptors (Lipinski definition) is 2. The molecule has 2 fully saturated rings. The maximum absolute atomic E-state index is 11.4. The predicted molar refractivity (Wildman–Crippen MR) is 54.1 cm³/mol. The van der Waals surface area contributed by atoms with Gasteiger partial charge in [0.2, 0.25) is 0 Å². The zero-order valence-electron chi connectivity index (χ0n) is 8.83. The van der Waals surface area contributed by atoms with Crippen LogP contribution in [0.5, 0.6) is 0 Å². The van der Waals surface area contributed by atoms with E-state index < -0.39 is 5.97 Å². The van der Waals surface area contributed by atoms with E-state index in [0.717, 1.165) is 38.8 Å². The molecule has 2 atom stereocenters. The monoisotopic (exact) mass is 197 g/mol. The van der Waals surface area contributed by atoms with Crippen molar-refractivity contribution >= 4 is 5.97 Å². The van der Waals surface area contributed by atoms with Crippen LogP contribution in [-0.2, 0) is 4.79 Å². The van der Waals surface area contributed by atoms with Crippen LogP contribution in [0.25, 0.3) is 0 Å². The lowest BCUT2D eigenvalue weighted by Crippen LogP contribution is -2.51. The standard InChI is InChI=1S/C11H19NO2/c1-12-7-6-11(10(13)14)5-3-2-4-9(11)8-12/h9H,2-8H2,1H3,(H,13,14). The Balaban J connectivity index is 2.20. The summed E-state index contributed by atoms with van der Waals surface area (Å²) < 4.78 is 0. The maximum Gasteiger partial charge on any atom is 0.310 e. The molecule has 14 heavy (non-hydrogen) atoms. The maximum atomic E-state index is 11.4. The fraction of sp³-hybridized carbons (Fsp3) is 0.909. The third-order valence-electron chi connectivity index (χ3n) is 4.10. The van der Waals surface area contributed by atoms with E-state index in [1.807, 2.05) is 0 Å². The highest BCUT2D eigenvalue weighted by Gasteiger charge is 2.49. The molecule has 1 saturated heterocycles. The molecule has 1 saturated carbocycles. The third-order valence-corrected chi connectivity index (χ3v) is 4.10. The van der Waals surface area contributed by atoms with Crippen molar-refractivity contribution in [3.05, 3.63) is 0 Å². The lowest BCUT2D eigenvalue weighted by atomic mass is 9.62. The van der Waals surface area contributed by atoms with Gasteiger partial charge in [-0.2, -0.15) is 0 Å². The summed E-state index contributed by atoms with van der Waals surface area (Å²) in [6, 6.07) is 0. The van der Waals surface area contributed by atoms with Gasteiger partial charge in [-0.15, -0.1) is 0 Å². The van der Waals surface area contributed by atoms with Crippen molar-refractivity contribution in [2.24, 2.45) is 11.3 Å². The molecule has 0 spiro atoms. The van der Waals surface area contributed by atoms with Crippen LogP contribution in [0.4, 0.5) is 0 Å². The van der Waals surface area contributed by atoms with Crippen molar-refractivity contribution < 1.29 is 9.90 Å². The van der Waals surface area contributed by atoms with Crippen molar-refractivity contribution in [1.82, 2.24) is 4.90 Å². The number of nitrogens with zero attached hydrogens (tertiary/aromatic N) is 1. The van der Waals surface area contributed by atoms with E-state index in [1.54, 1.807) is 0 Å². The quantitative estimate of drug-likeness (QED) is 0.694. The van der Waals surface area contributed by atoms with Gasteiger partial charge < -0.3 is 10.0 Å². The predicted octanol–water partition coefficient (Wildman–Crippen LogP) is 1.58. The molecule has 3 nitrogen and oxygen atoms in total.